The lowest BCUT2D eigenvalue weighted by molar-refractivity contribution is 0.177. The quantitative estimate of drug-likeness (QED) is 0.757. The molecular formula is C10H10Cl2OS. The molecule has 1 nitrogen and oxygen atoms in total. The number of aliphatic hydroxyl groups excluding tert-OH is 1. The average Bonchev–Trinajstić information content (AvgIpc) is 2.12. The molecule has 0 aliphatic carbocycles. The van der Waals surface area contributed by atoms with Crippen molar-refractivity contribution >= 4 is 35.0 Å². The minimum absolute atomic E-state index is 0.206. The van der Waals surface area contributed by atoms with Crippen LogP contribution in [-0.4, -0.2) is 10.4 Å². The van der Waals surface area contributed by atoms with Gasteiger partial charge >= 0.3 is 0 Å². The van der Waals surface area contributed by atoms with Crippen LogP contribution in [0.5, 0.6) is 0 Å². The van der Waals surface area contributed by atoms with Gasteiger partial charge in [0, 0.05) is 21.0 Å². The highest BCUT2D eigenvalue weighted by molar-refractivity contribution is 7.99. The maximum Gasteiger partial charge on any atom is 0.0909 e. The van der Waals surface area contributed by atoms with Crippen LogP contribution in [0.25, 0.3) is 0 Å². The summed E-state index contributed by atoms with van der Waals surface area (Å²) in [6.07, 6.45) is -0.458. The van der Waals surface area contributed by atoms with E-state index in [0.717, 1.165) is 16.9 Å². The molecule has 0 saturated heterocycles. The summed E-state index contributed by atoms with van der Waals surface area (Å²) in [5, 5.41) is 11.4. The molecule has 0 saturated carbocycles. The second kappa shape index (κ2) is 3.93. The van der Waals surface area contributed by atoms with Crippen LogP contribution in [0.3, 0.4) is 0 Å². The fourth-order valence-corrected chi connectivity index (χ4v) is 3.33. The lowest BCUT2D eigenvalue weighted by Gasteiger charge is -2.27. The first-order valence-electron chi connectivity index (χ1n) is 4.37. The lowest BCUT2D eigenvalue weighted by atomic mass is 10.0. The molecule has 1 N–H and O–H groups in total. The largest absolute Gasteiger partial charge is 0.387 e. The van der Waals surface area contributed by atoms with Gasteiger partial charge in [0.2, 0.25) is 0 Å². The number of hydrogen-bond donors (Lipinski definition) is 1. The van der Waals surface area contributed by atoms with Crippen LogP contribution in [0, 0.1) is 0 Å². The van der Waals surface area contributed by atoms with Gasteiger partial charge in [-0.2, -0.15) is 11.8 Å². The topological polar surface area (TPSA) is 20.2 Å². The Morgan fingerprint density at radius 2 is 2.14 bits per heavy atom. The average molecular weight is 249 g/mol. The number of thioether (sulfide) groups is 1. The highest BCUT2D eigenvalue weighted by atomic mass is 35.5. The van der Waals surface area contributed by atoms with Gasteiger partial charge in [0.05, 0.1) is 6.10 Å². The maximum atomic E-state index is 9.94. The van der Waals surface area contributed by atoms with Crippen molar-refractivity contribution in [1.29, 1.82) is 0 Å². The van der Waals surface area contributed by atoms with E-state index in [2.05, 4.69) is 0 Å². The van der Waals surface area contributed by atoms with E-state index in [9.17, 15) is 5.11 Å². The Balaban J connectivity index is 2.54. The zero-order valence-electron chi connectivity index (χ0n) is 7.63. The van der Waals surface area contributed by atoms with E-state index >= 15 is 0 Å². The van der Waals surface area contributed by atoms with Gasteiger partial charge in [-0.25, -0.2) is 0 Å². The number of rotatable bonds is 0. The van der Waals surface area contributed by atoms with Crippen LogP contribution >= 0.6 is 35.0 Å². The molecule has 1 aromatic rings. The molecule has 0 fully saturated rings. The molecule has 14 heavy (non-hydrogen) atoms. The molecule has 0 amide bonds. The summed E-state index contributed by atoms with van der Waals surface area (Å²) in [5.74, 6) is 0.851. The number of fused-ring (bicyclic) bond motifs is 1. The van der Waals surface area contributed by atoms with Gasteiger partial charge in [0.15, 0.2) is 0 Å². The minimum atomic E-state index is -0.458. The Morgan fingerprint density at radius 1 is 1.43 bits per heavy atom. The van der Waals surface area contributed by atoms with E-state index in [-0.39, 0.29) is 5.25 Å². The number of benzene rings is 1. The summed E-state index contributed by atoms with van der Waals surface area (Å²) in [5.41, 5.74) is 1.90. The van der Waals surface area contributed by atoms with Crippen LogP contribution in [0.4, 0.5) is 0 Å². The van der Waals surface area contributed by atoms with Gasteiger partial charge in [-0.3, -0.25) is 0 Å². The summed E-state index contributed by atoms with van der Waals surface area (Å²) in [7, 11) is 0. The third-order valence-corrected chi connectivity index (χ3v) is 4.24. The van der Waals surface area contributed by atoms with Crippen LogP contribution in [0.1, 0.15) is 24.2 Å². The Bertz CT molecular complexity index is 367. The number of aliphatic hydroxyl groups is 1. The summed E-state index contributed by atoms with van der Waals surface area (Å²) >= 11 is 13.7. The van der Waals surface area contributed by atoms with Gasteiger partial charge in [0.25, 0.3) is 0 Å². The lowest BCUT2D eigenvalue weighted by Crippen LogP contribution is -2.18. The molecule has 1 aliphatic rings. The monoisotopic (exact) mass is 248 g/mol. The van der Waals surface area contributed by atoms with Gasteiger partial charge in [-0.1, -0.05) is 30.1 Å². The molecular weight excluding hydrogens is 239 g/mol. The molecule has 0 radical (unpaired) electrons. The first-order chi connectivity index (χ1) is 6.59. The SMILES string of the molecule is CC1SCc2c(Cl)cc(Cl)cc2C1O. The highest BCUT2D eigenvalue weighted by Crippen LogP contribution is 2.41. The Labute approximate surface area is 97.4 Å². The van der Waals surface area contributed by atoms with E-state index < -0.39 is 6.10 Å². The molecule has 0 bridgehead atoms. The maximum absolute atomic E-state index is 9.94. The van der Waals surface area contributed by atoms with Crippen molar-refractivity contribution in [2.45, 2.75) is 24.0 Å². The molecule has 1 aromatic carbocycles. The second-order valence-corrected chi connectivity index (χ2v) is 5.63. The van der Waals surface area contributed by atoms with Crippen molar-refractivity contribution in [3.8, 4) is 0 Å². The third-order valence-electron chi connectivity index (χ3n) is 2.45. The number of halogens is 2. The summed E-state index contributed by atoms with van der Waals surface area (Å²) in [4.78, 5) is 0. The molecule has 0 aromatic heterocycles. The van der Waals surface area contributed by atoms with Crippen molar-refractivity contribution in [1.82, 2.24) is 0 Å². The third kappa shape index (κ3) is 1.76. The molecule has 2 rings (SSSR count). The van der Waals surface area contributed by atoms with Crippen LogP contribution in [0.15, 0.2) is 12.1 Å². The van der Waals surface area contributed by atoms with Crippen molar-refractivity contribution in [3.05, 3.63) is 33.3 Å². The van der Waals surface area contributed by atoms with Crippen LogP contribution < -0.4 is 0 Å². The Hall–Kier alpha value is 0.110. The summed E-state index contributed by atoms with van der Waals surface area (Å²) < 4.78 is 0. The fourth-order valence-electron chi connectivity index (χ4n) is 1.60. The second-order valence-electron chi connectivity index (χ2n) is 3.42. The van der Waals surface area contributed by atoms with E-state index in [0.29, 0.717) is 10.0 Å². The first kappa shape index (κ1) is 10.6. The van der Waals surface area contributed by atoms with Gasteiger partial charge in [-0.05, 0) is 23.3 Å². The predicted molar refractivity (Wildman–Crippen MR) is 62.2 cm³/mol. The normalized spacial score (nSPS) is 26.0. The van der Waals surface area contributed by atoms with Crippen LogP contribution in [0.2, 0.25) is 10.0 Å². The molecule has 2 atom stereocenters. The first-order valence-corrected chi connectivity index (χ1v) is 6.17. The van der Waals surface area contributed by atoms with Crippen LogP contribution in [-0.2, 0) is 5.75 Å². The van der Waals surface area contributed by atoms with Gasteiger partial charge < -0.3 is 5.11 Å². The van der Waals surface area contributed by atoms with E-state index in [1.165, 1.54) is 0 Å². The molecule has 2 unspecified atom stereocenters. The van der Waals surface area contributed by atoms with Gasteiger partial charge in [0.1, 0.15) is 0 Å². The number of hydrogen-bond acceptors (Lipinski definition) is 2. The molecule has 76 valence electrons. The molecule has 1 aliphatic heterocycles. The molecule has 0 spiro atoms. The van der Waals surface area contributed by atoms with E-state index in [4.69, 9.17) is 23.2 Å². The van der Waals surface area contributed by atoms with Crippen molar-refractivity contribution < 1.29 is 5.11 Å². The zero-order chi connectivity index (χ0) is 10.3. The van der Waals surface area contributed by atoms with Crippen molar-refractivity contribution in [2.24, 2.45) is 0 Å². The van der Waals surface area contributed by atoms with E-state index in [1.807, 2.05) is 13.0 Å². The highest BCUT2D eigenvalue weighted by Gasteiger charge is 2.26. The Morgan fingerprint density at radius 3 is 2.86 bits per heavy atom. The molecule has 1 heterocycles. The Kier molecular flexibility index (Phi) is 2.98. The minimum Gasteiger partial charge on any atom is -0.387 e. The smallest absolute Gasteiger partial charge is 0.0909 e. The fraction of sp³-hybridized carbons (Fsp3) is 0.400. The van der Waals surface area contributed by atoms with Crippen molar-refractivity contribution in [3.63, 3.8) is 0 Å². The summed E-state index contributed by atoms with van der Waals surface area (Å²) in [6.45, 7) is 2.01. The van der Waals surface area contributed by atoms with E-state index in [1.54, 1.807) is 17.8 Å². The predicted octanol–water partition coefficient (Wildman–Crippen LogP) is 3.66. The summed E-state index contributed by atoms with van der Waals surface area (Å²) in [6, 6.07) is 3.54. The zero-order valence-corrected chi connectivity index (χ0v) is 9.96. The van der Waals surface area contributed by atoms with Crippen molar-refractivity contribution in [2.75, 3.05) is 0 Å². The molecule has 4 heteroatoms. The standard InChI is InChI=1S/C10H10Cl2OS/c1-5-10(13)7-2-6(11)3-9(12)8(7)4-14-5/h2-3,5,10,13H,4H2,1H3. The van der Waals surface area contributed by atoms with Gasteiger partial charge in [-0.15, -0.1) is 0 Å².